The second kappa shape index (κ2) is 7.02. The predicted octanol–water partition coefficient (Wildman–Crippen LogP) is 2.01. The number of benzene rings is 1. The van der Waals surface area contributed by atoms with Crippen molar-refractivity contribution in [1.82, 2.24) is 14.3 Å². The lowest BCUT2D eigenvalue weighted by Crippen LogP contribution is -2.34. The van der Waals surface area contributed by atoms with Gasteiger partial charge in [-0.1, -0.05) is 12.1 Å². The zero-order valence-electron chi connectivity index (χ0n) is 15.6. The van der Waals surface area contributed by atoms with Crippen LogP contribution >= 0.6 is 0 Å². The molecule has 0 radical (unpaired) electrons. The summed E-state index contributed by atoms with van der Waals surface area (Å²) in [5.41, 5.74) is 0.218. The molecule has 144 valence electrons. The summed E-state index contributed by atoms with van der Waals surface area (Å²) in [7, 11) is 0. The standard InChI is InChI=1S/C19H23N3O5/c1-19(2,3)27-17(25)13-9-7-12(8-10-13)11-21-18(26)22-14(16(23)24)5-4-6-15(22)20-21/h7-10,14H,4-6,11H2,1-3H3,(H,23,24)/t14-/m1/s1. The van der Waals surface area contributed by atoms with Crippen LogP contribution in [0.3, 0.4) is 0 Å². The van der Waals surface area contributed by atoms with Gasteiger partial charge in [0.2, 0.25) is 0 Å². The highest BCUT2D eigenvalue weighted by Crippen LogP contribution is 2.22. The van der Waals surface area contributed by atoms with Crippen molar-refractivity contribution in [3.63, 3.8) is 0 Å². The third-order valence-corrected chi connectivity index (χ3v) is 4.34. The minimum Gasteiger partial charge on any atom is -0.480 e. The van der Waals surface area contributed by atoms with Crippen LogP contribution in [0.25, 0.3) is 0 Å². The predicted molar refractivity (Wildman–Crippen MR) is 96.8 cm³/mol. The molecule has 2 aromatic rings. The quantitative estimate of drug-likeness (QED) is 0.822. The van der Waals surface area contributed by atoms with Crippen molar-refractivity contribution in [3.05, 3.63) is 51.7 Å². The van der Waals surface area contributed by atoms with Gasteiger partial charge < -0.3 is 9.84 Å². The van der Waals surface area contributed by atoms with Crippen LogP contribution in [0, 0.1) is 0 Å². The lowest BCUT2D eigenvalue weighted by molar-refractivity contribution is -0.141. The van der Waals surface area contributed by atoms with E-state index in [9.17, 15) is 19.5 Å². The summed E-state index contributed by atoms with van der Waals surface area (Å²) in [5.74, 6) is -0.920. The molecule has 0 unspecified atom stereocenters. The van der Waals surface area contributed by atoms with Crippen LogP contribution < -0.4 is 5.69 Å². The smallest absolute Gasteiger partial charge is 0.347 e. The number of carbonyl (C=O) groups is 2. The maximum Gasteiger partial charge on any atom is 0.347 e. The Morgan fingerprint density at radius 2 is 1.93 bits per heavy atom. The van der Waals surface area contributed by atoms with Crippen LogP contribution in [-0.2, 0) is 22.5 Å². The Labute approximate surface area is 156 Å². The van der Waals surface area contributed by atoms with Gasteiger partial charge >= 0.3 is 17.6 Å². The fraction of sp³-hybridized carbons (Fsp3) is 0.474. The van der Waals surface area contributed by atoms with Crippen LogP contribution in [0.2, 0.25) is 0 Å². The van der Waals surface area contributed by atoms with E-state index in [1.54, 1.807) is 45.0 Å². The molecule has 0 amide bonds. The first-order valence-electron chi connectivity index (χ1n) is 8.89. The molecule has 3 rings (SSSR count). The Bertz CT molecular complexity index is 918. The number of aryl methyl sites for hydroxylation is 1. The highest BCUT2D eigenvalue weighted by Gasteiger charge is 2.30. The number of aliphatic carboxylic acids is 1. The van der Waals surface area contributed by atoms with Gasteiger partial charge in [-0.15, -0.1) is 0 Å². The van der Waals surface area contributed by atoms with E-state index in [1.165, 1.54) is 9.25 Å². The van der Waals surface area contributed by atoms with E-state index in [0.29, 0.717) is 30.7 Å². The third-order valence-electron chi connectivity index (χ3n) is 4.34. The van der Waals surface area contributed by atoms with E-state index in [4.69, 9.17) is 4.74 Å². The summed E-state index contributed by atoms with van der Waals surface area (Å²) in [5, 5.41) is 13.6. The number of esters is 1. The van der Waals surface area contributed by atoms with Crippen molar-refractivity contribution in [1.29, 1.82) is 0 Å². The molecule has 1 aromatic heterocycles. The summed E-state index contributed by atoms with van der Waals surface area (Å²) in [4.78, 5) is 36.1. The molecule has 1 N–H and O–H groups in total. The van der Waals surface area contributed by atoms with Crippen molar-refractivity contribution in [3.8, 4) is 0 Å². The number of carbonyl (C=O) groups excluding carboxylic acids is 1. The molecule has 0 saturated heterocycles. The van der Waals surface area contributed by atoms with Gasteiger partial charge in [-0.25, -0.2) is 19.1 Å². The van der Waals surface area contributed by atoms with E-state index in [0.717, 1.165) is 5.56 Å². The molecule has 1 aliphatic heterocycles. The molecular formula is C19H23N3O5. The second-order valence-corrected chi connectivity index (χ2v) is 7.67. The Balaban J connectivity index is 1.80. The van der Waals surface area contributed by atoms with Crippen LogP contribution in [0.4, 0.5) is 0 Å². The Hall–Kier alpha value is -2.90. The van der Waals surface area contributed by atoms with Crippen molar-refractivity contribution in [2.75, 3.05) is 0 Å². The first-order chi connectivity index (χ1) is 12.7. The van der Waals surface area contributed by atoms with Gasteiger partial charge in [0.25, 0.3) is 0 Å². The Kier molecular flexibility index (Phi) is 4.91. The van der Waals surface area contributed by atoms with E-state index in [-0.39, 0.29) is 6.54 Å². The number of hydrogen-bond acceptors (Lipinski definition) is 5. The van der Waals surface area contributed by atoms with Crippen molar-refractivity contribution in [2.24, 2.45) is 0 Å². The van der Waals surface area contributed by atoms with Crippen LogP contribution in [0.5, 0.6) is 0 Å². The molecule has 0 saturated carbocycles. The lowest BCUT2D eigenvalue weighted by atomic mass is 10.1. The molecule has 0 aliphatic carbocycles. The molecule has 1 aromatic carbocycles. The van der Waals surface area contributed by atoms with Gasteiger partial charge in [0.05, 0.1) is 12.1 Å². The molecule has 8 nitrogen and oxygen atoms in total. The number of carboxylic acids is 1. The molecule has 1 atom stereocenters. The summed E-state index contributed by atoms with van der Waals surface area (Å²) < 4.78 is 7.88. The molecule has 2 heterocycles. The zero-order chi connectivity index (χ0) is 19.8. The molecule has 0 bridgehead atoms. The summed E-state index contributed by atoms with van der Waals surface area (Å²) >= 11 is 0. The van der Waals surface area contributed by atoms with Crippen molar-refractivity contribution < 1.29 is 19.4 Å². The summed E-state index contributed by atoms with van der Waals surface area (Å²) in [6.45, 7) is 5.61. The monoisotopic (exact) mass is 373 g/mol. The van der Waals surface area contributed by atoms with Gasteiger partial charge in [0, 0.05) is 6.42 Å². The molecule has 0 spiro atoms. The lowest BCUT2D eigenvalue weighted by Gasteiger charge is -2.19. The van der Waals surface area contributed by atoms with Crippen molar-refractivity contribution in [2.45, 2.75) is 58.2 Å². The fourth-order valence-electron chi connectivity index (χ4n) is 3.12. The Morgan fingerprint density at radius 1 is 1.26 bits per heavy atom. The maximum atomic E-state index is 12.6. The average Bonchev–Trinajstić information content (AvgIpc) is 2.90. The van der Waals surface area contributed by atoms with Gasteiger partial charge in [-0.2, -0.15) is 5.10 Å². The minimum absolute atomic E-state index is 0.208. The van der Waals surface area contributed by atoms with E-state index < -0.39 is 29.3 Å². The largest absolute Gasteiger partial charge is 0.480 e. The molecule has 1 aliphatic rings. The van der Waals surface area contributed by atoms with E-state index in [2.05, 4.69) is 5.10 Å². The number of carboxylic acid groups (broad SMARTS) is 1. The normalized spacial score (nSPS) is 16.6. The summed E-state index contributed by atoms with van der Waals surface area (Å²) in [6, 6.07) is 5.90. The third kappa shape index (κ3) is 4.10. The number of aromatic nitrogens is 3. The van der Waals surface area contributed by atoms with Gasteiger partial charge in [-0.3, -0.25) is 4.57 Å². The number of nitrogens with zero attached hydrogens (tertiary/aromatic N) is 3. The number of ether oxygens (including phenoxy) is 1. The maximum absolute atomic E-state index is 12.6. The number of fused-ring (bicyclic) bond motifs is 1. The number of rotatable bonds is 4. The topological polar surface area (TPSA) is 103 Å². The summed E-state index contributed by atoms with van der Waals surface area (Å²) in [6.07, 6.45) is 1.71. The van der Waals surface area contributed by atoms with Gasteiger partial charge in [0.1, 0.15) is 17.5 Å². The van der Waals surface area contributed by atoms with Gasteiger partial charge in [0.15, 0.2) is 0 Å². The highest BCUT2D eigenvalue weighted by molar-refractivity contribution is 5.89. The highest BCUT2D eigenvalue weighted by atomic mass is 16.6. The minimum atomic E-state index is -1.01. The number of hydrogen-bond donors (Lipinski definition) is 1. The zero-order valence-corrected chi connectivity index (χ0v) is 15.6. The Morgan fingerprint density at radius 3 is 2.52 bits per heavy atom. The molecule has 0 fully saturated rings. The average molecular weight is 373 g/mol. The van der Waals surface area contributed by atoms with Crippen LogP contribution in [0.15, 0.2) is 29.1 Å². The SMILES string of the molecule is CC(C)(C)OC(=O)c1ccc(Cn2nc3n(c2=O)[C@@H](C(=O)O)CCC3)cc1. The molecule has 8 heteroatoms. The van der Waals surface area contributed by atoms with E-state index in [1.807, 2.05) is 0 Å². The second-order valence-electron chi connectivity index (χ2n) is 7.67. The van der Waals surface area contributed by atoms with Crippen LogP contribution in [0.1, 0.15) is 61.4 Å². The first-order valence-corrected chi connectivity index (χ1v) is 8.89. The van der Waals surface area contributed by atoms with E-state index >= 15 is 0 Å². The molecular weight excluding hydrogens is 350 g/mol. The first kappa shape index (κ1) is 18.9. The molecule has 27 heavy (non-hydrogen) atoms. The van der Waals surface area contributed by atoms with Crippen LogP contribution in [-0.4, -0.2) is 37.0 Å². The van der Waals surface area contributed by atoms with Crippen molar-refractivity contribution >= 4 is 11.9 Å². The fourth-order valence-corrected chi connectivity index (χ4v) is 3.12. The van der Waals surface area contributed by atoms with Gasteiger partial charge in [-0.05, 0) is 51.3 Å².